The van der Waals surface area contributed by atoms with E-state index in [1.54, 1.807) is 25.1 Å². The zero-order valence-electron chi connectivity index (χ0n) is 13.2. The summed E-state index contributed by atoms with van der Waals surface area (Å²) < 4.78 is 20.9. The van der Waals surface area contributed by atoms with Crippen LogP contribution < -0.4 is 14.9 Å². The maximum absolute atomic E-state index is 11.9. The van der Waals surface area contributed by atoms with Crippen molar-refractivity contribution in [1.82, 2.24) is 0 Å². The fourth-order valence-electron chi connectivity index (χ4n) is 2.60. The second kappa shape index (κ2) is 6.27. The molecule has 0 saturated carbocycles. The van der Waals surface area contributed by atoms with Gasteiger partial charge in [0.2, 0.25) is 18.0 Å². The lowest BCUT2D eigenvalue weighted by molar-refractivity contribution is -0.140. The van der Waals surface area contributed by atoms with Crippen LogP contribution >= 0.6 is 0 Å². The summed E-state index contributed by atoms with van der Waals surface area (Å²) in [7, 11) is 1.27. The average molecular weight is 332 g/mol. The third kappa shape index (κ3) is 2.92. The van der Waals surface area contributed by atoms with E-state index in [2.05, 4.69) is 0 Å². The van der Waals surface area contributed by atoms with Gasteiger partial charge in [0.05, 0.1) is 19.4 Å². The molecule has 126 valence electrons. The third-order valence-electron chi connectivity index (χ3n) is 3.79. The van der Waals surface area contributed by atoms with E-state index < -0.39 is 23.1 Å². The number of hydrogen-bond acceptors (Lipinski definition) is 7. The molecule has 0 spiro atoms. The summed E-state index contributed by atoms with van der Waals surface area (Å²) in [5.41, 5.74) is 0.0676. The average Bonchev–Trinajstić information content (AvgIpc) is 3.03. The number of carbonyl (C=O) groups excluding carboxylic acids is 1. The van der Waals surface area contributed by atoms with Gasteiger partial charge in [0, 0.05) is 6.07 Å². The first-order valence-corrected chi connectivity index (χ1v) is 7.29. The topological polar surface area (TPSA) is 95.2 Å². The van der Waals surface area contributed by atoms with Crippen molar-refractivity contribution < 1.29 is 28.5 Å². The molecule has 0 aliphatic carbocycles. The van der Waals surface area contributed by atoms with Gasteiger partial charge in [-0.25, -0.2) is 0 Å². The van der Waals surface area contributed by atoms with Crippen molar-refractivity contribution in [1.29, 1.82) is 0 Å². The van der Waals surface area contributed by atoms with Crippen molar-refractivity contribution in [2.45, 2.75) is 19.3 Å². The lowest BCUT2D eigenvalue weighted by Gasteiger charge is -2.17. The summed E-state index contributed by atoms with van der Waals surface area (Å²) in [4.78, 5) is 23.7. The molecular weight excluding hydrogens is 316 g/mol. The molecule has 1 atom stereocenters. The number of fused-ring (bicyclic) bond motifs is 1. The maximum atomic E-state index is 11.9. The number of esters is 1. The van der Waals surface area contributed by atoms with E-state index in [9.17, 15) is 14.7 Å². The van der Waals surface area contributed by atoms with Crippen LogP contribution in [-0.2, 0) is 9.53 Å². The van der Waals surface area contributed by atoms with Gasteiger partial charge < -0.3 is 23.7 Å². The van der Waals surface area contributed by atoms with Crippen molar-refractivity contribution in [2.24, 2.45) is 0 Å². The van der Waals surface area contributed by atoms with Gasteiger partial charge in [-0.2, -0.15) is 0 Å². The Morgan fingerprint density at radius 3 is 2.79 bits per heavy atom. The molecule has 0 bridgehead atoms. The van der Waals surface area contributed by atoms with Crippen LogP contribution in [0.2, 0.25) is 0 Å². The van der Waals surface area contributed by atoms with Gasteiger partial charge in [-0.05, 0) is 24.6 Å². The summed E-state index contributed by atoms with van der Waals surface area (Å²) >= 11 is 0. The van der Waals surface area contributed by atoms with Gasteiger partial charge in [0.1, 0.15) is 5.76 Å². The van der Waals surface area contributed by atoms with Gasteiger partial charge in [-0.1, -0.05) is 6.07 Å². The summed E-state index contributed by atoms with van der Waals surface area (Å²) in [6.07, 6.45) is -0.101. The minimum absolute atomic E-state index is 0.0178. The quantitative estimate of drug-likeness (QED) is 0.856. The number of aromatic hydroxyl groups is 1. The maximum Gasteiger partial charge on any atom is 0.306 e. The van der Waals surface area contributed by atoms with E-state index in [-0.39, 0.29) is 19.0 Å². The van der Waals surface area contributed by atoms with Crippen LogP contribution in [0.4, 0.5) is 0 Å². The fourth-order valence-corrected chi connectivity index (χ4v) is 2.60. The summed E-state index contributed by atoms with van der Waals surface area (Å²) in [6, 6.07) is 6.31. The molecule has 7 heteroatoms. The number of hydrogen-bond donors (Lipinski definition) is 1. The molecule has 2 heterocycles. The molecule has 0 unspecified atom stereocenters. The highest BCUT2D eigenvalue weighted by molar-refractivity contribution is 5.71. The predicted octanol–water partition coefficient (Wildman–Crippen LogP) is 2.08. The number of benzene rings is 1. The Kier molecular flexibility index (Phi) is 4.16. The Morgan fingerprint density at radius 2 is 2.04 bits per heavy atom. The van der Waals surface area contributed by atoms with Gasteiger partial charge >= 0.3 is 5.97 Å². The van der Waals surface area contributed by atoms with Crippen LogP contribution in [0.15, 0.2) is 33.5 Å². The Bertz CT molecular complexity index is 837. The molecule has 0 saturated heterocycles. The molecule has 24 heavy (non-hydrogen) atoms. The SMILES string of the molecule is COC(=O)C[C@@H](c1ccc2c(c1)OCO2)c1oc(C)cc(=O)c1O. The van der Waals surface area contributed by atoms with Crippen LogP contribution in [-0.4, -0.2) is 25.0 Å². The molecule has 7 nitrogen and oxygen atoms in total. The Morgan fingerprint density at radius 1 is 1.29 bits per heavy atom. The highest BCUT2D eigenvalue weighted by Crippen LogP contribution is 2.39. The van der Waals surface area contributed by atoms with Crippen LogP contribution in [0.3, 0.4) is 0 Å². The predicted molar refractivity (Wildman–Crippen MR) is 82.4 cm³/mol. The van der Waals surface area contributed by atoms with Crippen molar-refractivity contribution in [3.8, 4) is 17.2 Å². The lowest BCUT2D eigenvalue weighted by Crippen LogP contribution is -2.13. The molecule has 3 rings (SSSR count). The minimum Gasteiger partial charge on any atom is -0.502 e. The molecule has 0 fully saturated rings. The van der Waals surface area contributed by atoms with E-state index in [1.807, 2.05) is 0 Å². The normalized spacial score (nSPS) is 13.6. The lowest BCUT2D eigenvalue weighted by atomic mass is 9.92. The summed E-state index contributed by atoms with van der Waals surface area (Å²) in [6.45, 7) is 1.71. The fraction of sp³-hybridized carbons (Fsp3) is 0.294. The second-order valence-corrected chi connectivity index (χ2v) is 5.38. The van der Waals surface area contributed by atoms with Crippen LogP contribution in [0.1, 0.15) is 29.4 Å². The molecular formula is C17H16O7. The van der Waals surface area contributed by atoms with E-state index in [0.29, 0.717) is 22.8 Å². The number of methoxy groups -OCH3 is 1. The first kappa shape index (κ1) is 15.9. The second-order valence-electron chi connectivity index (χ2n) is 5.38. The molecule has 1 N–H and O–H groups in total. The number of carbonyl (C=O) groups is 1. The Balaban J connectivity index is 2.10. The van der Waals surface area contributed by atoms with Crippen molar-refractivity contribution in [2.75, 3.05) is 13.9 Å². The molecule has 0 amide bonds. The van der Waals surface area contributed by atoms with Gasteiger partial charge in [0.15, 0.2) is 17.3 Å². The number of aryl methyl sites for hydroxylation is 1. The van der Waals surface area contributed by atoms with Crippen molar-refractivity contribution in [3.63, 3.8) is 0 Å². The van der Waals surface area contributed by atoms with Crippen LogP contribution in [0.5, 0.6) is 17.2 Å². The molecule has 1 aromatic heterocycles. The van der Waals surface area contributed by atoms with Crippen molar-refractivity contribution >= 4 is 5.97 Å². The Labute approximate surface area is 137 Å². The standard InChI is InChI=1S/C17H16O7/c1-9-5-12(18)16(20)17(24-9)11(7-15(19)21-2)10-3-4-13-14(6-10)23-8-22-13/h3-6,11,20H,7-8H2,1-2H3/t11-/m0/s1. The van der Waals surface area contributed by atoms with E-state index in [4.69, 9.17) is 18.6 Å². The van der Waals surface area contributed by atoms with E-state index in [0.717, 1.165) is 0 Å². The Hall–Kier alpha value is -2.96. The van der Waals surface area contributed by atoms with Crippen LogP contribution in [0.25, 0.3) is 0 Å². The van der Waals surface area contributed by atoms with Crippen molar-refractivity contribution in [3.05, 3.63) is 51.6 Å². The summed E-state index contributed by atoms with van der Waals surface area (Å²) in [5.74, 6) is -0.247. The van der Waals surface area contributed by atoms with Crippen LogP contribution in [0, 0.1) is 6.92 Å². The first-order chi connectivity index (χ1) is 11.5. The molecule has 1 aromatic carbocycles. The van der Waals surface area contributed by atoms with E-state index >= 15 is 0 Å². The monoisotopic (exact) mass is 332 g/mol. The zero-order valence-corrected chi connectivity index (χ0v) is 13.2. The van der Waals surface area contributed by atoms with E-state index in [1.165, 1.54) is 13.2 Å². The van der Waals surface area contributed by atoms with Gasteiger partial charge in [-0.15, -0.1) is 0 Å². The largest absolute Gasteiger partial charge is 0.502 e. The van der Waals surface area contributed by atoms with Gasteiger partial charge in [0.25, 0.3) is 0 Å². The number of rotatable bonds is 4. The third-order valence-corrected chi connectivity index (χ3v) is 3.79. The summed E-state index contributed by atoms with van der Waals surface area (Å²) in [5, 5.41) is 10.1. The molecule has 1 aliphatic heterocycles. The highest BCUT2D eigenvalue weighted by atomic mass is 16.7. The first-order valence-electron chi connectivity index (χ1n) is 7.29. The van der Waals surface area contributed by atoms with Gasteiger partial charge in [-0.3, -0.25) is 9.59 Å². The minimum atomic E-state index is -0.695. The smallest absolute Gasteiger partial charge is 0.306 e. The molecule has 0 radical (unpaired) electrons. The number of ether oxygens (including phenoxy) is 3. The highest BCUT2D eigenvalue weighted by Gasteiger charge is 2.27. The molecule has 2 aromatic rings. The molecule has 1 aliphatic rings. The zero-order chi connectivity index (χ0) is 17.3.